The lowest BCUT2D eigenvalue weighted by molar-refractivity contribution is 0.391. The maximum atomic E-state index is 6.39. The van der Waals surface area contributed by atoms with Crippen LogP contribution >= 0.6 is 23.2 Å². The minimum atomic E-state index is -0.192. The predicted molar refractivity (Wildman–Crippen MR) is 109 cm³/mol. The molecule has 2 aromatic rings. The van der Waals surface area contributed by atoms with Crippen molar-refractivity contribution in [1.82, 2.24) is 10.9 Å². The van der Waals surface area contributed by atoms with Crippen LogP contribution < -0.4 is 16.2 Å². The number of nitrogens with zero attached hydrogens (tertiary/aromatic N) is 1. The van der Waals surface area contributed by atoms with Crippen LogP contribution in [0.4, 0.5) is 11.4 Å². The van der Waals surface area contributed by atoms with Gasteiger partial charge in [-0.2, -0.15) is 0 Å². The number of halogens is 2. The Labute approximate surface area is 164 Å². The maximum Gasteiger partial charge on any atom is 0.142 e. The zero-order chi connectivity index (χ0) is 18.0. The highest BCUT2D eigenvalue weighted by atomic mass is 35.5. The minimum absolute atomic E-state index is 0.192. The van der Waals surface area contributed by atoms with Crippen LogP contribution in [-0.4, -0.2) is 11.4 Å². The molecule has 2 aliphatic rings. The number of hydrogen-bond donors (Lipinski definition) is 3. The van der Waals surface area contributed by atoms with Crippen LogP contribution in [0, 0.1) is 0 Å². The van der Waals surface area contributed by atoms with Crippen molar-refractivity contribution >= 4 is 40.4 Å². The van der Waals surface area contributed by atoms with Crippen molar-refractivity contribution in [3.05, 3.63) is 58.1 Å². The van der Waals surface area contributed by atoms with Gasteiger partial charge in [0, 0.05) is 11.6 Å². The van der Waals surface area contributed by atoms with Crippen molar-refractivity contribution in [2.24, 2.45) is 4.99 Å². The number of anilines is 1. The van der Waals surface area contributed by atoms with E-state index in [-0.39, 0.29) is 5.54 Å². The fourth-order valence-electron chi connectivity index (χ4n) is 3.80. The van der Waals surface area contributed by atoms with Gasteiger partial charge in [-0.3, -0.25) is 0 Å². The van der Waals surface area contributed by atoms with E-state index in [2.05, 4.69) is 28.3 Å². The van der Waals surface area contributed by atoms with Crippen LogP contribution in [0.3, 0.4) is 0 Å². The van der Waals surface area contributed by atoms with E-state index in [1.165, 1.54) is 24.8 Å². The molecule has 4 rings (SSSR count). The van der Waals surface area contributed by atoms with Crippen molar-refractivity contribution in [2.75, 3.05) is 5.32 Å². The normalized spacial score (nSPS) is 18.0. The van der Waals surface area contributed by atoms with Gasteiger partial charge in [0.2, 0.25) is 0 Å². The number of hydrazine groups is 1. The lowest BCUT2D eigenvalue weighted by Crippen LogP contribution is -2.57. The van der Waals surface area contributed by atoms with Crippen molar-refractivity contribution in [3.63, 3.8) is 0 Å². The van der Waals surface area contributed by atoms with Gasteiger partial charge in [0.1, 0.15) is 11.5 Å². The van der Waals surface area contributed by atoms with Crippen LogP contribution in [0.5, 0.6) is 0 Å². The number of aliphatic imine (C=N–C) groups is 1. The van der Waals surface area contributed by atoms with Gasteiger partial charge >= 0.3 is 0 Å². The Kier molecular flexibility index (Phi) is 5.07. The second kappa shape index (κ2) is 7.47. The summed E-state index contributed by atoms with van der Waals surface area (Å²) in [6.07, 6.45) is 5.69. The molecule has 0 atom stereocenters. The van der Waals surface area contributed by atoms with Crippen molar-refractivity contribution < 1.29 is 0 Å². The number of amidine groups is 1. The predicted octanol–water partition coefficient (Wildman–Crippen LogP) is 5.45. The molecule has 0 bridgehead atoms. The third-order valence-electron chi connectivity index (χ3n) is 5.13. The lowest BCUT2D eigenvalue weighted by Gasteiger charge is -2.42. The standard InChI is InChI=1S/C20H22Cl2N4/c21-15-11-16(22)18-17(12-15)25-20(9-5-2-6-10-20)19(24-18)26-23-13-14-7-3-1-4-8-14/h1,3-4,7-8,11-12,23,25H,2,5-6,9-10,13H2,(H,24,26). The molecule has 0 unspecified atom stereocenters. The summed E-state index contributed by atoms with van der Waals surface area (Å²) in [4.78, 5) is 4.88. The fourth-order valence-corrected chi connectivity index (χ4v) is 4.34. The van der Waals surface area contributed by atoms with E-state index in [1.54, 1.807) is 6.07 Å². The summed E-state index contributed by atoms with van der Waals surface area (Å²) in [6.45, 7) is 0.719. The van der Waals surface area contributed by atoms with Crippen LogP contribution in [0.25, 0.3) is 0 Å². The van der Waals surface area contributed by atoms with Gasteiger partial charge in [-0.25, -0.2) is 10.4 Å². The van der Waals surface area contributed by atoms with Gasteiger partial charge in [0.05, 0.1) is 16.2 Å². The van der Waals surface area contributed by atoms with Crippen LogP contribution in [0.15, 0.2) is 47.5 Å². The number of rotatable bonds is 3. The monoisotopic (exact) mass is 388 g/mol. The second-order valence-electron chi connectivity index (χ2n) is 6.98. The first-order chi connectivity index (χ1) is 12.7. The molecule has 1 spiro atoms. The van der Waals surface area contributed by atoms with Crippen LogP contribution in [0.2, 0.25) is 10.0 Å². The molecule has 26 heavy (non-hydrogen) atoms. The molecular formula is C20H22Cl2N4. The second-order valence-corrected chi connectivity index (χ2v) is 7.82. The average molecular weight is 389 g/mol. The molecule has 136 valence electrons. The maximum absolute atomic E-state index is 6.39. The van der Waals surface area contributed by atoms with Crippen molar-refractivity contribution in [1.29, 1.82) is 0 Å². The summed E-state index contributed by atoms with van der Waals surface area (Å²) >= 11 is 12.6. The number of benzene rings is 2. The highest BCUT2D eigenvalue weighted by Crippen LogP contribution is 2.44. The van der Waals surface area contributed by atoms with Gasteiger partial charge in [-0.1, -0.05) is 72.8 Å². The Bertz CT molecular complexity index is 814. The zero-order valence-corrected chi connectivity index (χ0v) is 16.0. The fraction of sp³-hybridized carbons (Fsp3) is 0.350. The topological polar surface area (TPSA) is 48.4 Å². The third-order valence-corrected chi connectivity index (χ3v) is 5.63. The molecule has 0 radical (unpaired) electrons. The molecular weight excluding hydrogens is 367 g/mol. The van der Waals surface area contributed by atoms with Crippen molar-refractivity contribution in [3.8, 4) is 0 Å². The summed E-state index contributed by atoms with van der Waals surface area (Å²) in [5.74, 6) is 0.907. The van der Waals surface area contributed by atoms with E-state index in [4.69, 9.17) is 28.2 Å². The highest BCUT2D eigenvalue weighted by molar-refractivity contribution is 6.37. The van der Waals surface area contributed by atoms with Gasteiger partial charge in [0.25, 0.3) is 0 Å². The van der Waals surface area contributed by atoms with E-state index in [0.717, 1.165) is 36.6 Å². The summed E-state index contributed by atoms with van der Waals surface area (Å²) in [7, 11) is 0. The molecule has 1 saturated carbocycles. The molecule has 0 aromatic heterocycles. The Balaban J connectivity index is 1.60. The zero-order valence-electron chi connectivity index (χ0n) is 14.5. The Hall–Kier alpha value is -1.75. The molecule has 1 heterocycles. The molecule has 2 aromatic carbocycles. The highest BCUT2D eigenvalue weighted by Gasteiger charge is 2.40. The van der Waals surface area contributed by atoms with E-state index >= 15 is 0 Å². The van der Waals surface area contributed by atoms with Gasteiger partial charge < -0.3 is 10.7 Å². The number of nitrogens with one attached hydrogen (secondary N) is 3. The molecule has 1 fully saturated rings. The number of hydrogen-bond acceptors (Lipinski definition) is 4. The third kappa shape index (κ3) is 3.54. The van der Waals surface area contributed by atoms with Crippen molar-refractivity contribution in [2.45, 2.75) is 44.2 Å². The van der Waals surface area contributed by atoms with E-state index < -0.39 is 0 Å². The summed E-state index contributed by atoms with van der Waals surface area (Å²) < 4.78 is 0. The molecule has 0 amide bonds. The summed E-state index contributed by atoms with van der Waals surface area (Å²) in [6, 6.07) is 13.9. The first-order valence-electron chi connectivity index (χ1n) is 9.05. The van der Waals surface area contributed by atoms with Crippen LogP contribution in [0.1, 0.15) is 37.7 Å². The summed E-state index contributed by atoms with van der Waals surface area (Å²) in [5, 5.41) is 4.88. The Morgan fingerprint density at radius 1 is 1.04 bits per heavy atom. The minimum Gasteiger partial charge on any atom is -0.371 e. The van der Waals surface area contributed by atoms with E-state index in [9.17, 15) is 0 Å². The lowest BCUT2D eigenvalue weighted by atomic mass is 9.79. The Morgan fingerprint density at radius 3 is 2.58 bits per heavy atom. The first kappa shape index (κ1) is 17.7. The number of fused-ring (bicyclic) bond motifs is 1. The molecule has 1 aliphatic carbocycles. The SMILES string of the molecule is Clc1cc(Cl)c2c(c1)NC1(CCCCC1)C(NNCc1ccccc1)=N2. The molecule has 4 nitrogen and oxygen atoms in total. The van der Waals surface area contributed by atoms with Gasteiger partial charge in [0.15, 0.2) is 0 Å². The molecule has 1 aliphatic heterocycles. The van der Waals surface area contributed by atoms with Gasteiger partial charge in [-0.15, -0.1) is 0 Å². The smallest absolute Gasteiger partial charge is 0.142 e. The first-order valence-corrected chi connectivity index (χ1v) is 9.81. The average Bonchev–Trinajstić information content (AvgIpc) is 2.64. The largest absolute Gasteiger partial charge is 0.371 e. The van der Waals surface area contributed by atoms with E-state index in [0.29, 0.717) is 10.0 Å². The Morgan fingerprint density at radius 2 is 1.81 bits per heavy atom. The van der Waals surface area contributed by atoms with Gasteiger partial charge in [-0.05, 0) is 30.5 Å². The molecule has 6 heteroatoms. The van der Waals surface area contributed by atoms with Crippen LogP contribution in [-0.2, 0) is 6.54 Å². The quantitative estimate of drug-likeness (QED) is 0.612. The molecule has 3 N–H and O–H groups in total. The summed E-state index contributed by atoms with van der Waals surface area (Å²) in [5.41, 5.74) is 9.36. The van der Waals surface area contributed by atoms with E-state index in [1.807, 2.05) is 24.3 Å². The molecule has 0 saturated heterocycles.